The molecule has 4 aromatic rings. The Bertz CT molecular complexity index is 1410. The number of carboxylic acids is 1. The average Bonchev–Trinajstić information content (AvgIpc) is 3.50. The zero-order valence-electron chi connectivity index (χ0n) is 18.9. The SMILES string of the molecule is CC(C)(CC(=O)O)NCc1ccc(-c2nc3ccc(C4(c5ccccc5)C=C4)nc3s2)c(F)c1. The monoisotopic (exact) mass is 473 g/mol. The third-order valence-corrected chi connectivity index (χ3v) is 7.06. The molecule has 0 fully saturated rings. The van der Waals surface area contributed by atoms with E-state index in [2.05, 4.69) is 34.6 Å². The lowest BCUT2D eigenvalue weighted by Crippen LogP contribution is -2.40. The lowest BCUT2D eigenvalue weighted by atomic mass is 9.89. The summed E-state index contributed by atoms with van der Waals surface area (Å²) in [6.07, 6.45) is 4.26. The largest absolute Gasteiger partial charge is 0.481 e. The molecule has 1 aliphatic rings. The Morgan fingerprint density at radius 3 is 2.53 bits per heavy atom. The quantitative estimate of drug-likeness (QED) is 0.321. The fraction of sp³-hybridized carbons (Fsp3) is 0.222. The van der Waals surface area contributed by atoms with Crippen molar-refractivity contribution in [1.29, 1.82) is 0 Å². The number of hydrogen-bond donors (Lipinski definition) is 2. The zero-order chi connectivity index (χ0) is 23.9. The van der Waals surface area contributed by atoms with E-state index in [1.165, 1.54) is 23.0 Å². The number of carbonyl (C=O) groups is 1. The van der Waals surface area contributed by atoms with Gasteiger partial charge < -0.3 is 10.4 Å². The van der Waals surface area contributed by atoms with Crippen molar-refractivity contribution in [2.75, 3.05) is 0 Å². The van der Waals surface area contributed by atoms with Gasteiger partial charge in [-0.25, -0.2) is 14.4 Å². The van der Waals surface area contributed by atoms with Crippen LogP contribution in [0.4, 0.5) is 4.39 Å². The number of nitrogens with zero attached hydrogens (tertiary/aromatic N) is 2. The van der Waals surface area contributed by atoms with Gasteiger partial charge in [-0.2, -0.15) is 0 Å². The van der Waals surface area contributed by atoms with Crippen LogP contribution >= 0.6 is 11.3 Å². The summed E-state index contributed by atoms with van der Waals surface area (Å²) in [5, 5.41) is 12.8. The third kappa shape index (κ3) is 4.36. The molecule has 5 rings (SSSR count). The molecular formula is C27H24FN3O2S. The molecule has 0 aliphatic heterocycles. The summed E-state index contributed by atoms with van der Waals surface area (Å²) in [5.74, 6) is -1.24. The first-order valence-corrected chi connectivity index (χ1v) is 11.9. The molecule has 0 spiro atoms. The van der Waals surface area contributed by atoms with Crippen molar-refractivity contribution in [1.82, 2.24) is 15.3 Å². The molecule has 2 N–H and O–H groups in total. The molecule has 172 valence electrons. The van der Waals surface area contributed by atoms with Crippen LogP contribution < -0.4 is 5.32 Å². The normalized spacial score (nSPS) is 14.4. The molecule has 34 heavy (non-hydrogen) atoms. The number of rotatable bonds is 8. The van der Waals surface area contributed by atoms with Gasteiger partial charge in [-0.05, 0) is 49.2 Å². The standard InChI is InChI=1S/C27H24FN3O2S/c1-26(2,15-23(32)33)29-16-17-8-9-19(20(28)14-17)24-30-21-10-11-22(31-25(21)34-24)27(12-13-27)18-6-4-3-5-7-18/h3-14,29H,15-16H2,1-2H3,(H,32,33). The smallest absolute Gasteiger partial charge is 0.305 e. The number of hydrogen-bond acceptors (Lipinski definition) is 5. The van der Waals surface area contributed by atoms with Crippen LogP contribution in [0, 0.1) is 5.82 Å². The van der Waals surface area contributed by atoms with Crippen LogP contribution in [-0.4, -0.2) is 26.6 Å². The molecule has 0 unspecified atom stereocenters. The third-order valence-electron chi connectivity index (χ3n) is 6.06. The predicted molar refractivity (Wildman–Crippen MR) is 132 cm³/mol. The minimum Gasteiger partial charge on any atom is -0.481 e. The minimum absolute atomic E-state index is 0.0185. The van der Waals surface area contributed by atoms with Gasteiger partial charge in [-0.15, -0.1) is 0 Å². The van der Waals surface area contributed by atoms with Crippen LogP contribution in [0.1, 0.15) is 37.1 Å². The molecule has 0 atom stereocenters. The van der Waals surface area contributed by atoms with Gasteiger partial charge in [0.2, 0.25) is 0 Å². The number of fused-ring (bicyclic) bond motifs is 1. The molecule has 2 heterocycles. The number of nitrogens with one attached hydrogen (secondary N) is 1. The summed E-state index contributed by atoms with van der Waals surface area (Å²) < 4.78 is 15.0. The van der Waals surface area contributed by atoms with Crippen molar-refractivity contribution in [3.8, 4) is 10.6 Å². The van der Waals surface area contributed by atoms with Crippen molar-refractivity contribution in [3.63, 3.8) is 0 Å². The highest BCUT2D eigenvalue weighted by Crippen LogP contribution is 2.45. The van der Waals surface area contributed by atoms with Gasteiger partial charge in [0.15, 0.2) is 0 Å². The van der Waals surface area contributed by atoms with Crippen molar-refractivity contribution in [3.05, 3.63) is 95.5 Å². The number of aromatic nitrogens is 2. The summed E-state index contributed by atoms with van der Waals surface area (Å²) in [6.45, 7) is 4.00. The van der Waals surface area contributed by atoms with Crippen molar-refractivity contribution in [2.45, 2.75) is 37.8 Å². The van der Waals surface area contributed by atoms with Crippen LogP contribution in [0.5, 0.6) is 0 Å². The van der Waals surface area contributed by atoms with E-state index in [9.17, 15) is 4.79 Å². The Hall–Kier alpha value is -3.42. The van der Waals surface area contributed by atoms with Gasteiger partial charge in [0.1, 0.15) is 21.2 Å². The lowest BCUT2D eigenvalue weighted by Gasteiger charge is -2.24. The van der Waals surface area contributed by atoms with E-state index in [4.69, 9.17) is 10.1 Å². The molecular weight excluding hydrogens is 449 g/mol. The summed E-state index contributed by atoms with van der Waals surface area (Å²) in [4.78, 5) is 21.3. The average molecular weight is 474 g/mol. The van der Waals surface area contributed by atoms with E-state index >= 15 is 4.39 Å². The molecule has 1 aliphatic carbocycles. The first-order valence-electron chi connectivity index (χ1n) is 11.1. The minimum atomic E-state index is -0.876. The van der Waals surface area contributed by atoms with Gasteiger partial charge >= 0.3 is 5.97 Å². The van der Waals surface area contributed by atoms with Crippen LogP contribution in [0.15, 0.2) is 72.8 Å². The van der Waals surface area contributed by atoms with Gasteiger partial charge in [0, 0.05) is 17.6 Å². The van der Waals surface area contributed by atoms with Crippen LogP contribution in [0.25, 0.3) is 20.9 Å². The molecule has 7 heteroatoms. The van der Waals surface area contributed by atoms with Gasteiger partial charge in [-0.3, -0.25) is 4.79 Å². The molecule has 5 nitrogen and oxygen atoms in total. The van der Waals surface area contributed by atoms with Crippen molar-refractivity contribution >= 4 is 27.7 Å². The van der Waals surface area contributed by atoms with Crippen LogP contribution in [0.2, 0.25) is 0 Å². The van der Waals surface area contributed by atoms with E-state index < -0.39 is 11.5 Å². The maximum Gasteiger partial charge on any atom is 0.305 e. The predicted octanol–water partition coefficient (Wildman–Crippen LogP) is 5.70. The Kier molecular flexibility index (Phi) is 5.54. The second kappa shape index (κ2) is 8.42. The second-order valence-electron chi connectivity index (χ2n) is 9.23. The Balaban J connectivity index is 1.38. The van der Waals surface area contributed by atoms with Crippen molar-refractivity contribution in [2.24, 2.45) is 0 Å². The number of halogens is 1. The highest BCUT2D eigenvalue weighted by atomic mass is 32.1. The highest BCUT2D eigenvalue weighted by molar-refractivity contribution is 7.21. The van der Waals surface area contributed by atoms with Gasteiger partial charge in [-0.1, -0.05) is 59.9 Å². The number of benzene rings is 2. The van der Waals surface area contributed by atoms with Crippen LogP contribution in [-0.2, 0) is 16.8 Å². The van der Waals surface area contributed by atoms with E-state index in [1.54, 1.807) is 6.07 Å². The van der Waals surface area contributed by atoms with Crippen LogP contribution in [0.3, 0.4) is 0 Å². The van der Waals surface area contributed by atoms with Crippen molar-refractivity contribution < 1.29 is 14.3 Å². The maximum atomic E-state index is 15.0. The Labute approximate surface area is 201 Å². The molecule has 0 amide bonds. The van der Waals surface area contributed by atoms with E-state index in [0.717, 1.165) is 21.6 Å². The fourth-order valence-corrected chi connectivity index (χ4v) is 5.06. The Morgan fingerprint density at radius 1 is 1.09 bits per heavy atom. The van der Waals surface area contributed by atoms with E-state index in [0.29, 0.717) is 17.1 Å². The summed E-state index contributed by atoms with van der Waals surface area (Å²) in [5.41, 5.74) is 3.17. The lowest BCUT2D eigenvalue weighted by molar-refractivity contribution is -0.138. The Morgan fingerprint density at radius 2 is 1.85 bits per heavy atom. The first-order chi connectivity index (χ1) is 16.3. The number of aliphatic carboxylic acids is 1. The summed E-state index contributed by atoms with van der Waals surface area (Å²) >= 11 is 1.38. The fourth-order valence-electron chi connectivity index (χ4n) is 4.09. The molecule has 0 saturated heterocycles. The number of carboxylic acid groups (broad SMARTS) is 1. The topological polar surface area (TPSA) is 75.1 Å². The zero-order valence-corrected chi connectivity index (χ0v) is 19.7. The van der Waals surface area contributed by atoms with E-state index in [-0.39, 0.29) is 17.7 Å². The van der Waals surface area contributed by atoms with E-state index in [1.807, 2.05) is 50.2 Å². The maximum absolute atomic E-state index is 15.0. The highest BCUT2D eigenvalue weighted by Gasteiger charge is 2.39. The van der Waals surface area contributed by atoms with Gasteiger partial charge in [0.25, 0.3) is 0 Å². The molecule has 2 aromatic carbocycles. The first kappa shape index (κ1) is 22.4. The summed E-state index contributed by atoms with van der Waals surface area (Å²) in [7, 11) is 0. The molecule has 2 aromatic heterocycles. The summed E-state index contributed by atoms with van der Waals surface area (Å²) in [6, 6.07) is 19.2. The second-order valence-corrected chi connectivity index (χ2v) is 10.2. The molecule has 0 saturated carbocycles. The number of thiazole rings is 1. The number of allylic oxidation sites excluding steroid dienone is 2. The molecule has 0 bridgehead atoms. The van der Waals surface area contributed by atoms with Gasteiger partial charge in [0.05, 0.1) is 17.5 Å². The molecule has 0 radical (unpaired) electrons. The number of pyridine rings is 1.